The summed E-state index contributed by atoms with van der Waals surface area (Å²) in [6.45, 7) is 1.92. The van der Waals surface area contributed by atoms with Gasteiger partial charge in [-0.15, -0.1) is 0 Å². The number of carbonyl (C=O) groups is 2. The molecule has 0 saturated heterocycles. The smallest absolute Gasteiger partial charge is 0.258 e. The molecule has 0 bridgehead atoms. The van der Waals surface area contributed by atoms with Gasteiger partial charge in [-0.3, -0.25) is 14.9 Å². The molecular weight excluding hydrogens is 346 g/mol. The molecule has 0 unspecified atom stereocenters. The lowest BCUT2D eigenvalue weighted by Gasteiger charge is -2.18. The highest BCUT2D eigenvalue weighted by Crippen LogP contribution is 2.26. The van der Waals surface area contributed by atoms with Crippen LogP contribution in [-0.4, -0.2) is 22.0 Å². The summed E-state index contributed by atoms with van der Waals surface area (Å²) in [5, 5.41) is 6.13. The lowest BCUT2D eigenvalue weighted by atomic mass is 9.93. The first-order chi connectivity index (χ1) is 13.1. The van der Waals surface area contributed by atoms with Crippen molar-refractivity contribution < 1.29 is 18.8 Å². The van der Waals surface area contributed by atoms with Gasteiger partial charge in [0.05, 0.1) is 0 Å². The molecule has 134 valence electrons. The fourth-order valence-corrected chi connectivity index (χ4v) is 2.79. The Kier molecular flexibility index (Phi) is 4.25. The van der Waals surface area contributed by atoms with E-state index in [2.05, 4.69) is 15.5 Å². The highest BCUT2D eigenvalue weighted by molar-refractivity contribution is 6.33. The van der Waals surface area contributed by atoms with Crippen LogP contribution in [0.15, 0.2) is 53.1 Å². The number of carbonyl (C=O) groups excluding carboxylic acids is 2. The van der Waals surface area contributed by atoms with Gasteiger partial charge in [0.15, 0.2) is 6.61 Å². The molecule has 0 radical (unpaired) electrons. The molecule has 0 fully saturated rings. The second kappa shape index (κ2) is 6.87. The topological polar surface area (TPSA) is 94.3 Å². The standard InChI is InChI=1S/C20H15N3O4/c1-12-21-18(23-27-12)11-26-14-8-6-13(7-9-14)10-17-15-4-2-3-5-16(15)19(24)22-20(17)25/h2-10H,11H2,1H3,(H,22,24,25)/b17-10+. The highest BCUT2D eigenvalue weighted by atomic mass is 16.5. The van der Waals surface area contributed by atoms with Crippen molar-refractivity contribution in [3.8, 4) is 5.75 Å². The zero-order chi connectivity index (χ0) is 18.8. The van der Waals surface area contributed by atoms with Gasteiger partial charge in [0.2, 0.25) is 11.7 Å². The van der Waals surface area contributed by atoms with Gasteiger partial charge in [0.25, 0.3) is 11.8 Å². The molecule has 0 atom stereocenters. The molecular formula is C20H15N3O4. The van der Waals surface area contributed by atoms with Crippen LogP contribution < -0.4 is 10.1 Å². The number of aromatic nitrogens is 2. The van der Waals surface area contributed by atoms with Crippen molar-refractivity contribution in [3.63, 3.8) is 0 Å². The predicted molar refractivity (Wildman–Crippen MR) is 96.6 cm³/mol. The molecule has 27 heavy (non-hydrogen) atoms. The molecule has 0 aliphatic carbocycles. The summed E-state index contributed by atoms with van der Waals surface area (Å²) in [6.07, 6.45) is 1.74. The van der Waals surface area contributed by atoms with Crippen molar-refractivity contribution in [2.24, 2.45) is 0 Å². The van der Waals surface area contributed by atoms with Crippen molar-refractivity contribution in [2.45, 2.75) is 13.5 Å². The number of rotatable bonds is 4. The minimum atomic E-state index is -0.411. The van der Waals surface area contributed by atoms with E-state index in [-0.39, 0.29) is 12.5 Å². The van der Waals surface area contributed by atoms with Gasteiger partial charge in [-0.05, 0) is 35.4 Å². The first-order valence-corrected chi connectivity index (χ1v) is 8.29. The Morgan fingerprint density at radius 2 is 1.78 bits per heavy atom. The van der Waals surface area contributed by atoms with Crippen molar-refractivity contribution in [1.29, 1.82) is 0 Å². The van der Waals surface area contributed by atoms with Gasteiger partial charge in [-0.1, -0.05) is 35.5 Å². The number of nitrogens with zero attached hydrogens (tertiary/aromatic N) is 2. The third kappa shape index (κ3) is 3.48. The quantitative estimate of drug-likeness (QED) is 0.567. The molecule has 1 aliphatic rings. The normalized spacial score (nSPS) is 14.8. The number of imide groups is 1. The maximum absolute atomic E-state index is 12.3. The Hall–Kier alpha value is -3.74. The Balaban J connectivity index is 1.54. The number of fused-ring (bicyclic) bond motifs is 1. The van der Waals surface area contributed by atoms with E-state index < -0.39 is 5.91 Å². The Morgan fingerprint density at radius 3 is 2.48 bits per heavy atom. The minimum Gasteiger partial charge on any atom is -0.485 e. The molecule has 3 aromatic rings. The monoisotopic (exact) mass is 361 g/mol. The Labute approximate surface area is 154 Å². The average Bonchev–Trinajstić information content (AvgIpc) is 3.10. The summed E-state index contributed by atoms with van der Waals surface area (Å²) in [6, 6.07) is 14.3. The summed E-state index contributed by atoms with van der Waals surface area (Å²) in [7, 11) is 0. The van der Waals surface area contributed by atoms with Crippen LogP contribution in [0.25, 0.3) is 11.6 Å². The van der Waals surface area contributed by atoms with Gasteiger partial charge in [-0.2, -0.15) is 4.98 Å². The largest absolute Gasteiger partial charge is 0.485 e. The Morgan fingerprint density at radius 1 is 1.04 bits per heavy atom. The first-order valence-electron chi connectivity index (χ1n) is 8.29. The summed E-state index contributed by atoms with van der Waals surface area (Å²) in [4.78, 5) is 28.3. The van der Waals surface area contributed by atoms with E-state index in [0.29, 0.717) is 34.2 Å². The van der Waals surface area contributed by atoms with E-state index in [1.807, 2.05) is 12.1 Å². The van der Waals surface area contributed by atoms with Crippen LogP contribution in [0.4, 0.5) is 0 Å². The van der Waals surface area contributed by atoms with E-state index in [4.69, 9.17) is 9.26 Å². The molecule has 1 aliphatic heterocycles. The van der Waals surface area contributed by atoms with Crippen molar-refractivity contribution in [1.82, 2.24) is 15.5 Å². The highest BCUT2D eigenvalue weighted by Gasteiger charge is 2.26. The lowest BCUT2D eigenvalue weighted by molar-refractivity contribution is -0.114. The fourth-order valence-electron chi connectivity index (χ4n) is 2.79. The number of hydrogen-bond acceptors (Lipinski definition) is 6. The van der Waals surface area contributed by atoms with Gasteiger partial charge in [0.1, 0.15) is 5.75 Å². The number of amides is 2. The first kappa shape index (κ1) is 16.7. The van der Waals surface area contributed by atoms with Gasteiger partial charge >= 0.3 is 0 Å². The minimum absolute atomic E-state index is 0.204. The lowest BCUT2D eigenvalue weighted by Crippen LogP contribution is -2.36. The van der Waals surface area contributed by atoms with E-state index in [1.54, 1.807) is 49.4 Å². The van der Waals surface area contributed by atoms with Crippen LogP contribution in [0.3, 0.4) is 0 Å². The number of ether oxygens (including phenoxy) is 1. The second-order valence-electron chi connectivity index (χ2n) is 5.97. The van der Waals surface area contributed by atoms with Crippen LogP contribution in [0, 0.1) is 6.92 Å². The number of aryl methyl sites for hydroxylation is 1. The molecule has 4 rings (SSSR count). The van der Waals surface area contributed by atoms with Gasteiger partial charge in [-0.25, -0.2) is 0 Å². The SMILES string of the molecule is Cc1nc(COc2ccc(/C=C3/C(=O)NC(=O)c4ccccc43)cc2)no1. The third-order valence-corrected chi connectivity index (χ3v) is 4.06. The van der Waals surface area contributed by atoms with Crippen molar-refractivity contribution >= 4 is 23.5 Å². The Bertz CT molecular complexity index is 1050. The van der Waals surface area contributed by atoms with Crippen LogP contribution >= 0.6 is 0 Å². The molecule has 2 heterocycles. The van der Waals surface area contributed by atoms with Crippen LogP contribution in [0.5, 0.6) is 5.75 Å². The molecule has 2 aromatic carbocycles. The van der Waals surface area contributed by atoms with Crippen LogP contribution in [0.2, 0.25) is 0 Å². The molecule has 0 spiro atoms. The molecule has 2 amide bonds. The maximum Gasteiger partial charge on any atom is 0.258 e. The predicted octanol–water partition coefficient (Wildman–Crippen LogP) is 2.77. The molecule has 7 heteroatoms. The number of benzene rings is 2. The number of hydrogen-bond donors (Lipinski definition) is 1. The third-order valence-electron chi connectivity index (χ3n) is 4.06. The van der Waals surface area contributed by atoms with Gasteiger partial charge < -0.3 is 9.26 Å². The van der Waals surface area contributed by atoms with Crippen LogP contribution in [-0.2, 0) is 11.4 Å². The van der Waals surface area contributed by atoms with Gasteiger partial charge in [0, 0.05) is 18.1 Å². The molecule has 7 nitrogen and oxygen atoms in total. The molecule has 1 N–H and O–H groups in total. The summed E-state index contributed by atoms with van der Waals surface area (Å²) in [5.74, 6) is 0.807. The van der Waals surface area contributed by atoms with E-state index in [0.717, 1.165) is 5.56 Å². The zero-order valence-corrected chi connectivity index (χ0v) is 14.4. The fraction of sp³-hybridized carbons (Fsp3) is 0.100. The number of nitrogens with one attached hydrogen (secondary N) is 1. The summed E-state index contributed by atoms with van der Waals surface area (Å²) in [5.41, 5.74) is 2.37. The van der Waals surface area contributed by atoms with E-state index >= 15 is 0 Å². The van der Waals surface area contributed by atoms with E-state index in [9.17, 15) is 9.59 Å². The van der Waals surface area contributed by atoms with E-state index in [1.165, 1.54) is 0 Å². The second-order valence-corrected chi connectivity index (χ2v) is 5.97. The molecule has 0 saturated carbocycles. The maximum atomic E-state index is 12.3. The average molecular weight is 361 g/mol. The molecule has 1 aromatic heterocycles. The van der Waals surface area contributed by atoms with Crippen molar-refractivity contribution in [2.75, 3.05) is 0 Å². The van der Waals surface area contributed by atoms with Crippen LogP contribution in [0.1, 0.15) is 33.2 Å². The van der Waals surface area contributed by atoms with Crippen molar-refractivity contribution in [3.05, 3.63) is 76.9 Å². The zero-order valence-electron chi connectivity index (χ0n) is 14.4. The summed E-state index contributed by atoms with van der Waals surface area (Å²) >= 11 is 0. The summed E-state index contributed by atoms with van der Waals surface area (Å²) < 4.78 is 10.5.